The average Bonchev–Trinajstić information content (AvgIpc) is 4.03. The molecule has 2 amide bonds. The number of rotatable bonds is 12. The zero-order valence-corrected chi connectivity index (χ0v) is 30.0. The van der Waals surface area contributed by atoms with E-state index in [9.17, 15) is 15.0 Å². The second kappa shape index (κ2) is 15.6. The molecule has 0 bridgehead atoms. The second-order valence-corrected chi connectivity index (χ2v) is 13.9. The van der Waals surface area contributed by atoms with Gasteiger partial charge in [0, 0.05) is 37.8 Å². The predicted molar refractivity (Wildman–Crippen MR) is 203 cm³/mol. The molecule has 15 heteroatoms. The number of aliphatic hydroxyl groups is 2. The van der Waals surface area contributed by atoms with E-state index in [4.69, 9.17) is 15.0 Å². The molecule has 1 aliphatic carbocycles. The van der Waals surface area contributed by atoms with Crippen LogP contribution in [0.15, 0.2) is 97.6 Å². The van der Waals surface area contributed by atoms with Crippen molar-refractivity contribution in [3.8, 4) is 0 Å². The molecule has 8 rings (SSSR count). The SMILES string of the molecule is CCc1cnn([C@H]2C[C@@H](n3cnc4c(NCC(c5ccccc5)c5ccccc5)nc(N5CC[C@H](NC(=O)NCc6ccccn6)C5)nc43)[C@H](O)[C@@H]2O)n1. The lowest BCUT2D eigenvalue weighted by atomic mass is 9.91. The van der Waals surface area contributed by atoms with Crippen LogP contribution in [-0.4, -0.2) is 93.6 Å². The lowest BCUT2D eigenvalue weighted by molar-refractivity contribution is 0.00497. The number of aromatic nitrogens is 8. The summed E-state index contributed by atoms with van der Waals surface area (Å²) in [5.74, 6) is 1.06. The van der Waals surface area contributed by atoms with Crippen LogP contribution < -0.4 is 20.9 Å². The van der Waals surface area contributed by atoms with Crippen LogP contribution in [-0.2, 0) is 13.0 Å². The molecule has 6 aromatic rings. The Kier molecular flexibility index (Phi) is 10.1. The van der Waals surface area contributed by atoms with Crippen LogP contribution in [0.4, 0.5) is 16.6 Å². The molecule has 15 nitrogen and oxygen atoms in total. The number of fused-ring (bicyclic) bond motifs is 1. The van der Waals surface area contributed by atoms with Crippen LogP contribution in [0.5, 0.6) is 0 Å². The molecule has 5 atom stereocenters. The summed E-state index contributed by atoms with van der Waals surface area (Å²) < 4.78 is 1.84. The van der Waals surface area contributed by atoms with Crippen LogP contribution >= 0.6 is 0 Å². The fourth-order valence-electron chi connectivity index (χ4n) is 7.50. The first-order chi connectivity index (χ1) is 26.4. The minimum atomic E-state index is -1.11. The summed E-state index contributed by atoms with van der Waals surface area (Å²) in [4.78, 5) is 35.5. The third-order valence-electron chi connectivity index (χ3n) is 10.4. The van der Waals surface area contributed by atoms with Gasteiger partial charge in [0.15, 0.2) is 17.0 Å². The Bertz CT molecular complexity index is 2120. The fourth-order valence-corrected chi connectivity index (χ4v) is 7.50. The Labute approximate surface area is 312 Å². The standard InChI is InChI=1S/C39H44N12O3/c1-2-27-21-44-51(48-27)32-19-31(34(52)35(32)53)50-24-43-33-36(41-22-30(25-11-5-3-6-12-25)26-13-7-4-8-14-26)46-38(47-37(33)50)49-18-16-29(23-49)45-39(54)42-20-28-15-9-10-17-40-28/h3-15,17,21,24,29-32,34-35,52-53H,2,16,18-20,22-23H2,1H3,(H,41,46,47)(H2,42,45,54)/t29-,31+,32-,34-,35+/m0/s1. The predicted octanol–water partition coefficient (Wildman–Crippen LogP) is 3.61. The number of carbonyl (C=O) groups excluding carboxylic acids is 1. The summed E-state index contributed by atoms with van der Waals surface area (Å²) in [7, 11) is 0. The summed E-state index contributed by atoms with van der Waals surface area (Å²) >= 11 is 0. The molecular weight excluding hydrogens is 685 g/mol. The highest BCUT2D eigenvalue weighted by molar-refractivity contribution is 5.84. The van der Waals surface area contributed by atoms with Gasteiger partial charge in [-0.3, -0.25) is 4.98 Å². The van der Waals surface area contributed by atoms with E-state index in [1.165, 1.54) is 4.80 Å². The monoisotopic (exact) mass is 728 g/mol. The number of urea groups is 1. The van der Waals surface area contributed by atoms with Crippen molar-refractivity contribution in [1.82, 2.24) is 50.1 Å². The smallest absolute Gasteiger partial charge is 0.315 e. The van der Waals surface area contributed by atoms with Crippen molar-refractivity contribution in [2.45, 2.75) is 69.0 Å². The Balaban J connectivity index is 1.08. The van der Waals surface area contributed by atoms with Gasteiger partial charge in [-0.05, 0) is 42.5 Å². The van der Waals surface area contributed by atoms with Gasteiger partial charge in [-0.2, -0.15) is 25.0 Å². The first kappa shape index (κ1) is 35.1. The van der Waals surface area contributed by atoms with Crippen molar-refractivity contribution in [3.63, 3.8) is 0 Å². The van der Waals surface area contributed by atoms with Gasteiger partial charge in [-0.15, -0.1) is 0 Å². The highest BCUT2D eigenvalue weighted by atomic mass is 16.3. The van der Waals surface area contributed by atoms with E-state index in [-0.39, 0.29) is 18.0 Å². The normalized spacial score (nSPS) is 21.2. The number of carbonyl (C=O) groups is 1. The maximum Gasteiger partial charge on any atom is 0.315 e. The maximum absolute atomic E-state index is 12.8. The summed E-state index contributed by atoms with van der Waals surface area (Å²) in [6, 6.07) is 24.8. The third kappa shape index (κ3) is 7.32. The molecule has 5 heterocycles. The zero-order chi connectivity index (χ0) is 37.0. The Morgan fingerprint density at radius 1 is 0.907 bits per heavy atom. The fraction of sp³-hybridized carbons (Fsp3) is 0.359. The van der Waals surface area contributed by atoms with Crippen LogP contribution in [0.2, 0.25) is 0 Å². The van der Waals surface area contributed by atoms with Gasteiger partial charge >= 0.3 is 6.03 Å². The number of nitrogens with one attached hydrogen (secondary N) is 3. The lowest BCUT2D eigenvalue weighted by Crippen LogP contribution is -2.43. The quantitative estimate of drug-likeness (QED) is 0.124. The molecule has 1 saturated heterocycles. The maximum atomic E-state index is 12.8. The van der Waals surface area contributed by atoms with Gasteiger partial charge in [-0.1, -0.05) is 73.7 Å². The highest BCUT2D eigenvalue weighted by Crippen LogP contribution is 2.40. The molecule has 5 N–H and O–H groups in total. The highest BCUT2D eigenvalue weighted by Gasteiger charge is 2.45. The van der Waals surface area contributed by atoms with Gasteiger partial charge in [0.05, 0.1) is 36.5 Å². The number of benzene rings is 2. The number of pyridine rings is 1. The first-order valence-corrected chi connectivity index (χ1v) is 18.5. The Morgan fingerprint density at radius 2 is 1.65 bits per heavy atom. The largest absolute Gasteiger partial charge is 0.388 e. The summed E-state index contributed by atoms with van der Waals surface area (Å²) in [5.41, 5.74) is 5.00. The Morgan fingerprint density at radius 3 is 2.35 bits per heavy atom. The summed E-state index contributed by atoms with van der Waals surface area (Å²) in [5, 5.41) is 41.1. The van der Waals surface area contributed by atoms with E-state index in [0.717, 1.165) is 22.5 Å². The van der Waals surface area contributed by atoms with E-state index in [1.807, 2.05) is 66.1 Å². The van der Waals surface area contributed by atoms with E-state index in [1.54, 1.807) is 18.7 Å². The molecule has 2 aliphatic rings. The van der Waals surface area contributed by atoms with E-state index in [0.29, 0.717) is 68.4 Å². The van der Waals surface area contributed by atoms with Crippen molar-refractivity contribution in [2.75, 3.05) is 29.9 Å². The lowest BCUT2D eigenvalue weighted by Gasteiger charge is -2.22. The topological polar surface area (TPSA) is 184 Å². The molecule has 278 valence electrons. The molecule has 1 aliphatic heterocycles. The van der Waals surface area contributed by atoms with Crippen molar-refractivity contribution in [2.24, 2.45) is 0 Å². The minimum Gasteiger partial charge on any atom is -0.388 e. The zero-order valence-electron chi connectivity index (χ0n) is 30.0. The van der Waals surface area contributed by atoms with Gasteiger partial charge in [-0.25, -0.2) is 9.78 Å². The number of amides is 2. The molecule has 1 saturated carbocycles. The van der Waals surface area contributed by atoms with Crippen molar-refractivity contribution >= 4 is 29.0 Å². The molecule has 2 aromatic carbocycles. The molecule has 4 aromatic heterocycles. The molecule has 0 radical (unpaired) electrons. The van der Waals surface area contributed by atoms with Crippen molar-refractivity contribution in [1.29, 1.82) is 0 Å². The minimum absolute atomic E-state index is 0.0232. The Hall–Kier alpha value is -5.93. The molecule has 54 heavy (non-hydrogen) atoms. The molecular formula is C39H44N12O3. The number of aliphatic hydroxyl groups excluding tert-OH is 2. The van der Waals surface area contributed by atoms with E-state index < -0.39 is 24.3 Å². The number of hydrogen-bond acceptors (Lipinski definition) is 11. The molecule has 0 spiro atoms. The van der Waals surface area contributed by atoms with Crippen LogP contribution in [0, 0.1) is 0 Å². The summed E-state index contributed by atoms with van der Waals surface area (Å²) in [6.45, 7) is 3.98. The number of hydrogen-bond donors (Lipinski definition) is 5. The number of anilines is 2. The number of aryl methyl sites for hydroxylation is 1. The van der Waals surface area contributed by atoms with Crippen molar-refractivity contribution < 1.29 is 15.0 Å². The van der Waals surface area contributed by atoms with Crippen LogP contribution in [0.25, 0.3) is 11.2 Å². The first-order valence-electron chi connectivity index (χ1n) is 18.5. The van der Waals surface area contributed by atoms with Gasteiger partial charge in [0.2, 0.25) is 5.95 Å². The summed E-state index contributed by atoms with van der Waals surface area (Å²) in [6.07, 6.45) is 4.66. The van der Waals surface area contributed by atoms with Crippen LogP contribution in [0.3, 0.4) is 0 Å². The van der Waals surface area contributed by atoms with Crippen LogP contribution in [0.1, 0.15) is 60.3 Å². The molecule has 2 fully saturated rings. The van der Waals surface area contributed by atoms with Gasteiger partial charge in [0.25, 0.3) is 0 Å². The number of imidazole rings is 1. The van der Waals surface area contributed by atoms with Crippen molar-refractivity contribution in [3.05, 3.63) is 120 Å². The van der Waals surface area contributed by atoms with E-state index in [2.05, 4.69) is 60.3 Å². The second-order valence-electron chi connectivity index (χ2n) is 13.9. The van der Waals surface area contributed by atoms with Gasteiger partial charge in [0.1, 0.15) is 18.2 Å². The molecule has 0 unspecified atom stereocenters. The third-order valence-corrected chi connectivity index (χ3v) is 10.4. The number of nitrogens with zero attached hydrogens (tertiary/aromatic N) is 9. The van der Waals surface area contributed by atoms with Gasteiger partial charge < -0.3 is 35.6 Å². The average molecular weight is 729 g/mol. The van der Waals surface area contributed by atoms with E-state index >= 15 is 0 Å².